The van der Waals surface area contributed by atoms with E-state index in [4.69, 9.17) is 16.3 Å². The van der Waals surface area contributed by atoms with Crippen LogP contribution in [0, 0.1) is 31.5 Å². The Morgan fingerprint density at radius 3 is 2.54 bits per heavy atom. The molecule has 0 spiro atoms. The van der Waals surface area contributed by atoms with Crippen molar-refractivity contribution in [3.8, 4) is 17.0 Å². The molecule has 0 unspecified atom stereocenters. The van der Waals surface area contributed by atoms with Gasteiger partial charge in [-0.15, -0.1) is 0 Å². The zero-order valence-corrected chi connectivity index (χ0v) is 25.2. The van der Waals surface area contributed by atoms with Gasteiger partial charge < -0.3 is 10.1 Å². The molecule has 1 N–H and O–H groups in total. The second kappa shape index (κ2) is 11.9. The maximum Gasteiger partial charge on any atom is 0.387 e. The Morgan fingerprint density at radius 2 is 1.87 bits per heavy atom. The van der Waals surface area contributed by atoms with Crippen LogP contribution >= 0.6 is 11.6 Å². The fourth-order valence-electron chi connectivity index (χ4n) is 5.64. The SMILES string of the molecule is Cc1ncc(-c2c(C(F)F)ccc(Cl)c2F)nc1C(=O)Nc1cnn([C@@H](C)c2cnc(N3C[C@H]4C[C@H]4C3=O)c(OC(F)F)c2C)c1. The number of carbonyl (C=O) groups is 2. The van der Waals surface area contributed by atoms with Crippen LogP contribution in [0.4, 0.5) is 33.5 Å². The molecule has 3 atom stereocenters. The van der Waals surface area contributed by atoms with E-state index in [0.717, 1.165) is 24.8 Å². The molecule has 0 bridgehead atoms. The van der Waals surface area contributed by atoms with E-state index >= 15 is 0 Å². The van der Waals surface area contributed by atoms with Crippen LogP contribution in [0.15, 0.2) is 36.9 Å². The van der Waals surface area contributed by atoms with Crippen LogP contribution in [0.5, 0.6) is 5.75 Å². The average molecular weight is 662 g/mol. The van der Waals surface area contributed by atoms with Crippen LogP contribution in [-0.2, 0) is 4.79 Å². The Hall–Kier alpha value is -4.66. The molecule has 1 aromatic carbocycles. The molecule has 2 amide bonds. The first kappa shape index (κ1) is 31.3. The number of aryl methyl sites for hydroxylation is 1. The predicted molar refractivity (Wildman–Crippen MR) is 156 cm³/mol. The van der Waals surface area contributed by atoms with E-state index in [2.05, 4.69) is 25.4 Å². The molecule has 4 aromatic rings. The third-order valence-corrected chi connectivity index (χ3v) is 8.48. The minimum absolute atomic E-state index is 0.0383. The van der Waals surface area contributed by atoms with Gasteiger partial charge in [0.25, 0.3) is 12.3 Å². The number of hydrogen-bond acceptors (Lipinski definition) is 7. The Labute approximate surface area is 263 Å². The highest BCUT2D eigenvalue weighted by molar-refractivity contribution is 6.31. The van der Waals surface area contributed by atoms with E-state index in [1.807, 2.05) is 0 Å². The fourth-order valence-corrected chi connectivity index (χ4v) is 5.79. The van der Waals surface area contributed by atoms with Crippen molar-refractivity contribution >= 4 is 34.9 Å². The number of rotatable bonds is 9. The summed E-state index contributed by atoms with van der Waals surface area (Å²) in [5.41, 5.74) is -0.625. The van der Waals surface area contributed by atoms with Gasteiger partial charge in [0.15, 0.2) is 17.4 Å². The summed E-state index contributed by atoms with van der Waals surface area (Å²) >= 11 is 5.83. The van der Waals surface area contributed by atoms with Crippen LogP contribution < -0.4 is 15.0 Å². The van der Waals surface area contributed by atoms with Gasteiger partial charge in [-0.2, -0.15) is 13.9 Å². The fraction of sp³-hybridized carbons (Fsp3) is 0.333. The van der Waals surface area contributed by atoms with Crippen molar-refractivity contribution < 1.29 is 36.3 Å². The van der Waals surface area contributed by atoms with Crippen LogP contribution in [0.25, 0.3) is 11.3 Å². The van der Waals surface area contributed by atoms with Crippen LogP contribution in [0.3, 0.4) is 0 Å². The maximum absolute atomic E-state index is 14.8. The van der Waals surface area contributed by atoms with Gasteiger partial charge in [0, 0.05) is 47.1 Å². The quantitative estimate of drug-likeness (QED) is 0.203. The third kappa shape index (κ3) is 5.63. The number of carbonyl (C=O) groups excluding carboxylic acids is 2. The highest BCUT2D eigenvalue weighted by Crippen LogP contribution is 2.49. The van der Waals surface area contributed by atoms with E-state index < -0.39 is 47.0 Å². The minimum Gasteiger partial charge on any atom is -0.431 e. The summed E-state index contributed by atoms with van der Waals surface area (Å²) in [6.45, 7) is 2.02. The van der Waals surface area contributed by atoms with Crippen molar-refractivity contribution in [1.29, 1.82) is 0 Å². The van der Waals surface area contributed by atoms with Crippen molar-refractivity contribution in [3.63, 3.8) is 0 Å². The van der Waals surface area contributed by atoms with Crippen molar-refractivity contribution in [1.82, 2.24) is 24.7 Å². The number of fused-ring (bicyclic) bond motifs is 1. The summed E-state index contributed by atoms with van der Waals surface area (Å²) in [6, 6.07) is 1.40. The first-order valence-corrected chi connectivity index (χ1v) is 14.4. The van der Waals surface area contributed by atoms with Crippen molar-refractivity contribution in [3.05, 3.63) is 75.8 Å². The molecule has 6 rings (SSSR count). The predicted octanol–water partition coefficient (Wildman–Crippen LogP) is 6.53. The van der Waals surface area contributed by atoms with Gasteiger partial charge in [0.05, 0.1) is 40.5 Å². The number of anilines is 2. The van der Waals surface area contributed by atoms with E-state index in [-0.39, 0.29) is 52.1 Å². The summed E-state index contributed by atoms with van der Waals surface area (Å²) in [7, 11) is 0. The second-order valence-electron chi connectivity index (χ2n) is 11.1. The number of nitrogens with one attached hydrogen (secondary N) is 1. The number of piperidine rings is 1. The highest BCUT2D eigenvalue weighted by atomic mass is 35.5. The molecule has 16 heteroatoms. The number of amides is 2. The summed E-state index contributed by atoms with van der Waals surface area (Å²) in [6.07, 6.45) is 3.08. The summed E-state index contributed by atoms with van der Waals surface area (Å²) < 4.78 is 75.3. The molecule has 240 valence electrons. The molecule has 0 radical (unpaired) electrons. The standard InChI is InChI=1S/C30H25ClF5N7O3/c1-12-19(8-38-27(25(12)46-30(35)36)42-10-15-6-18(15)29(42)45)14(3)43-11-16(7-39-43)40-28(44)24-13(2)37-9-21(41-24)22-17(26(33)34)4-5-20(31)23(22)32/h4-5,7-9,11,14-15,18,26,30H,6,10H2,1-3H3,(H,40,44)/t14-,15+,18+/m0/s1. The van der Waals surface area contributed by atoms with E-state index in [0.29, 0.717) is 17.7 Å². The number of hydrogen-bond donors (Lipinski definition) is 1. The molecule has 2 aliphatic rings. The Kier molecular flexibility index (Phi) is 8.12. The van der Waals surface area contributed by atoms with Crippen molar-refractivity contribution in [2.75, 3.05) is 16.8 Å². The maximum atomic E-state index is 14.8. The zero-order chi connectivity index (χ0) is 33.0. The number of benzene rings is 1. The lowest BCUT2D eigenvalue weighted by atomic mass is 10.0. The van der Waals surface area contributed by atoms with Crippen molar-refractivity contribution in [2.24, 2.45) is 11.8 Å². The first-order valence-electron chi connectivity index (χ1n) is 14.1. The van der Waals surface area contributed by atoms with E-state index in [9.17, 15) is 31.5 Å². The Bertz CT molecular complexity index is 1870. The zero-order valence-electron chi connectivity index (χ0n) is 24.4. The summed E-state index contributed by atoms with van der Waals surface area (Å²) in [5, 5.41) is 6.48. The smallest absolute Gasteiger partial charge is 0.387 e. The van der Waals surface area contributed by atoms with Gasteiger partial charge in [0.2, 0.25) is 5.91 Å². The van der Waals surface area contributed by atoms with Crippen LogP contribution in [0.2, 0.25) is 5.02 Å². The number of aromatic nitrogens is 5. The largest absolute Gasteiger partial charge is 0.431 e. The number of pyridine rings is 1. The van der Waals surface area contributed by atoms with Gasteiger partial charge >= 0.3 is 6.61 Å². The lowest BCUT2D eigenvalue weighted by molar-refractivity contribution is -0.118. The Morgan fingerprint density at radius 1 is 1.11 bits per heavy atom. The molecule has 1 saturated carbocycles. The third-order valence-electron chi connectivity index (χ3n) is 8.18. The van der Waals surface area contributed by atoms with E-state index in [1.54, 1.807) is 13.8 Å². The summed E-state index contributed by atoms with van der Waals surface area (Å²) in [4.78, 5) is 39.7. The van der Waals surface area contributed by atoms with Gasteiger partial charge in [-0.05, 0) is 39.2 Å². The molecule has 1 saturated heterocycles. The number of ether oxygens (including phenoxy) is 1. The minimum atomic E-state index is -3.15. The van der Waals surface area contributed by atoms with Crippen LogP contribution in [-0.4, -0.2) is 49.7 Å². The number of nitrogens with zero attached hydrogens (tertiary/aromatic N) is 6. The summed E-state index contributed by atoms with van der Waals surface area (Å²) in [5.74, 6) is -2.14. The molecule has 1 aliphatic heterocycles. The van der Waals surface area contributed by atoms with Crippen LogP contribution in [0.1, 0.15) is 58.7 Å². The Balaban J connectivity index is 1.25. The molecule has 2 fully saturated rings. The highest BCUT2D eigenvalue weighted by Gasteiger charge is 2.53. The molecule has 1 aliphatic carbocycles. The topological polar surface area (TPSA) is 115 Å². The van der Waals surface area contributed by atoms with Crippen molar-refractivity contribution in [2.45, 2.75) is 46.3 Å². The van der Waals surface area contributed by atoms with Gasteiger partial charge in [-0.1, -0.05) is 17.7 Å². The lowest BCUT2D eigenvalue weighted by Gasteiger charge is -2.24. The molecule has 10 nitrogen and oxygen atoms in total. The molecule has 4 heterocycles. The van der Waals surface area contributed by atoms with E-state index in [1.165, 1.54) is 35.1 Å². The lowest BCUT2D eigenvalue weighted by Crippen LogP contribution is -2.30. The number of halogens is 6. The normalized spacial score (nSPS) is 17.9. The molecule has 46 heavy (non-hydrogen) atoms. The second-order valence-corrected chi connectivity index (χ2v) is 11.5. The molecular formula is C30H25ClF5N7O3. The molecule has 3 aromatic heterocycles. The van der Waals surface area contributed by atoms with Gasteiger partial charge in [-0.3, -0.25) is 24.2 Å². The van der Waals surface area contributed by atoms with Gasteiger partial charge in [-0.25, -0.2) is 23.1 Å². The monoisotopic (exact) mass is 661 g/mol. The average Bonchev–Trinajstić information content (AvgIpc) is 3.51. The van der Waals surface area contributed by atoms with Gasteiger partial charge in [0.1, 0.15) is 5.69 Å². The number of alkyl halides is 4. The first-order chi connectivity index (χ1) is 21.8. The molecular weight excluding hydrogens is 637 g/mol.